The van der Waals surface area contributed by atoms with Crippen LogP contribution in [0.5, 0.6) is 0 Å². The highest BCUT2D eigenvalue weighted by Crippen LogP contribution is 2.16. The average Bonchev–Trinajstić information content (AvgIpc) is 2.95. The Kier molecular flexibility index (Phi) is 3.96. The van der Waals surface area contributed by atoms with Gasteiger partial charge in [-0.05, 0) is 22.0 Å². The van der Waals surface area contributed by atoms with Crippen molar-refractivity contribution in [2.75, 3.05) is 6.54 Å². The van der Waals surface area contributed by atoms with Crippen molar-refractivity contribution >= 4 is 33.2 Å². The summed E-state index contributed by atoms with van der Waals surface area (Å²) in [5.41, 5.74) is 0.559. The Bertz CT molecular complexity index is 495. The Hall–Kier alpha value is -1.14. The van der Waals surface area contributed by atoms with Gasteiger partial charge in [0.05, 0.1) is 5.01 Å². The van der Waals surface area contributed by atoms with E-state index in [1.54, 1.807) is 29.8 Å². The van der Waals surface area contributed by atoms with E-state index in [-0.39, 0.29) is 11.8 Å². The average molecular weight is 314 g/mol. The Balaban J connectivity index is 1.88. The second-order valence-corrected chi connectivity index (χ2v) is 5.55. The maximum absolute atomic E-state index is 11.8. The van der Waals surface area contributed by atoms with Gasteiger partial charge in [0.2, 0.25) is 0 Å². The van der Waals surface area contributed by atoms with Crippen molar-refractivity contribution in [1.82, 2.24) is 15.3 Å². The lowest BCUT2D eigenvalue weighted by molar-refractivity contribution is 0.0947. The molecule has 4 nitrogen and oxygen atoms in total. The summed E-state index contributed by atoms with van der Waals surface area (Å²) in [6, 6.07) is 1.75. The second-order valence-electron chi connectivity index (χ2n) is 3.71. The zero-order valence-corrected chi connectivity index (χ0v) is 11.6. The van der Waals surface area contributed by atoms with Crippen LogP contribution in [0, 0.1) is 0 Å². The van der Waals surface area contributed by atoms with Gasteiger partial charge in [-0.25, -0.2) is 4.98 Å². The van der Waals surface area contributed by atoms with Crippen LogP contribution in [0.2, 0.25) is 0 Å². The number of hydrogen-bond donors (Lipinski definition) is 2. The molecule has 0 bridgehead atoms. The van der Waals surface area contributed by atoms with Crippen LogP contribution in [-0.4, -0.2) is 22.4 Å². The van der Waals surface area contributed by atoms with Crippen LogP contribution in [0.3, 0.4) is 0 Å². The van der Waals surface area contributed by atoms with Crippen LogP contribution in [0.1, 0.15) is 28.3 Å². The summed E-state index contributed by atoms with van der Waals surface area (Å²) in [6.07, 6.45) is 3.51. The van der Waals surface area contributed by atoms with E-state index in [9.17, 15) is 4.79 Å². The topological polar surface area (TPSA) is 57.8 Å². The molecule has 0 saturated heterocycles. The highest BCUT2D eigenvalue weighted by atomic mass is 79.9. The first-order valence-electron chi connectivity index (χ1n) is 5.18. The van der Waals surface area contributed by atoms with Gasteiger partial charge in [-0.1, -0.05) is 6.92 Å². The summed E-state index contributed by atoms with van der Waals surface area (Å²) in [4.78, 5) is 18.9. The Morgan fingerprint density at radius 3 is 3.12 bits per heavy atom. The summed E-state index contributed by atoms with van der Waals surface area (Å²) in [5.74, 6) is 0.136. The van der Waals surface area contributed by atoms with E-state index in [4.69, 9.17) is 0 Å². The molecule has 17 heavy (non-hydrogen) atoms. The van der Waals surface area contributed by atoms with Crippen LogP contribution in [0.25, 0.3) is 0 Å². The fourth-order valence-electron chi connectivity index (χ4n) is 1.41. The molecule has 0 aromatic carbocycles. The SMILES string of the molecule is CC(CNC(=O)c1cc(Br)c[nH]1)c1nccs1. The third-order valence-electron chi connectivity index (χ3n) is 2.33. The fraction of sp³-hybridized carbons (Fsp3) is 0.273. The maximum atomic E-state index is 11.8. The predicted octanol–water partition coefficient (Wildman–Crippen LogP) is 2.77. The number of aromatic nitrogens is 2. The molecule has 1 unspecified atom stereocenters. The lowest BCUT2D eigenvalue weighted by Crippen LogP contribution is -2.27. The molecule has 2 heterocycles. The molecule has 0 fully saturated rings. The number of rotatable bonds is 4. The van der Waals surface area contributed by atoms with Gasteiger partial charge in [-0.2, -0.15) is 0 Å². The van der Waals surface area contributed by atoms with E-state index < -0.39 is 0 Å². The molecule has 0 aliphatic carbocycles. The minimum atomic E-state index is -0.0980. The first kappa shape index (κ1) is 12.3. The molecule has 0 saturated carbocycles. The van der Waals surface area contributed by atoms with Crippen molar-refractivity contribution in [2.24, 2.45) is 0 Å². The second kappa shape index (κ2) is 5.46. The van der Waals surface area contributed by atoms with Crippen molar-refractivity contribution < 1.29 is 4.79 Å². The number of carbonyl (C=O) groups excluding carboxylic acids is 1. The van der Waals surface area contributed by atoms with Gasteiger partial charge in [0.25, 0.3) is 5.91 Å². The number of aromatic amines is 1. The zero-order chi connectivity index (χ0) is 12.3. The highest BCUT2D eigenvalue weighted by molar-refractivity contribution is 9.10. The number of amides is 1. The smallest absolute Gasteiger partial charge is 0.267 e. The zero-order valence-electron chi connectivity index (χ0n) is 9.24. The van der Waals surface area contributed by atoms with Gasteiger partial charge >= 0.3 is 0 Å². The third kappa shape index (κ3) is 3.17. The molecule has 2 aromatic heterocycles. The Morgan fingerprint density at radius 2 is 2.53 bits per heavy atom. The van der Waals surface area contributed by atoms with Gasteiger partial charge in [-0.3, -0.25) is 4.79 Å². The minimum absolute atomic E-state index is 0.0980. The van der Waals surface area contributed by atoms with Crippen molar-refractivity contribution in [3.63, 3.8) is 0 Å². The molecular formula is C11H12BrN3OS. The number of nitrogens with zero attached hydrogens (tertiary/aromatic N) is 1. The first-order valence-corrected chi connectivity index (χ1v) is 6.85. The van der Waals surface area contributed by atoms with E-state index >= 15 is 0 Å². The monoisotopic (exact) mass is 313 g/mol. The quantitative estimate of drug-likeness (QED) is 0.912. The molecule has 1 amide bonds. The molecule has 0 aliphatic rings. The van der Waals surface area contributed by atoms with E-state index in [2.05, 4.69) is 31.2 Å². The van der Waals surface area contributed by atoms with Gasteiger partial charge in [0.15, 0.2) is 0 Å². The van der Waals surface area contributed by atoms with Gasteiger partial charge in [-0.15, -0.1) is 11.3 Å². The van der Waals surface area contributed by atoms with Gasteiger partial charge in [0, 0.05) is 34.7 Å². The number of thiazole rings is 1. The largest absolute Gasteiger partial charge is 0.356 e. The van der Waals surface area contributed by atoms with Crippen LogP contribution in [0.4, 0.5) is 0 Å². The van der Waals surface area contributed by atoms with Gasteiger partial charge < -0.3 is 10.3 Å². The van der Waals surface area contributed by atoms with E-state index in [0.717, 1.165) is 9.48 Å². The number of H-pyrrole nitrogens is 1. The molecule has 2 rings (SSSR count). The molecule has 90 valence electrons. The summed E-state index contributed by atoms with van der Waals surface area (Å²) in [6.45, 7) is 2.63. The molecular weight excluding hydrogens is 302 g/mol. The first-order chi connectivity index (χ1) is 8.16. The summed E-state index contributed by atoms with van der Waals surface area (Å²) >= 11 is 4.90. The number of nitrogens with one attached hydrogen (secondary N) is 2. The van der Waals surface area contributed by atoms with Crippen molar-refractivity contribution in [2.45, 2.75) is 12.8 Å². The Morgan fingerprint density at radius 1 is 1.71 bits per heavy atom. The van der Waals surface area contributed by atoms with Crippen molar-refractivity contribution in [3.8, 4) is 0 Å². The number of hydrogen-bond acceptors (Lipinski definition) is 3. The van der Waals surface area contributed by atoms with E-state index in [1.165, 1.54) is 0 Å². The predicted molar refractivity (Wildman–Crippen MR) is 71.4 cm³/mol. The summed E-state index contributed by atoms with van der Waals surface area (Å²) < 4.78 is 0.871. The molecule has 1 atom stereocenters. The lowest BCUT2D eigenvalue weighted by atomic mass is 10.2. The molecule has 6 heteroatoms. The molecule has 0 radical (unpaired) electrons. The molecule has 0 aliphatic heterocycles. The standard InChI is InChI=1S/C11H12BrN3OS/c1-7(11-13-2-3-17-11)5-15-10(16)9-4-8(12)6-14-9/h2-4,6-7,14H,5H2,1H3,(H,15,16). The lowest BCUT2D eigenvalue weighted by Gasteiger charge is -2.09. The van der Waals surface area contributed by atoms with E-state index in [1.807, 2.05) is 12.3 Å². The molecule has 2 aromatic rings. The molecule has 0 spiro atoms. The highest BCUT2D eigenvalue weighted by Gasteiger charge is 2.12. The summed E-state index contributed by atoms with van der Waals surface area (Å²) in [7, 11) is 0. The molecule has 2 N–H and O–H groups in total. The van der Waals surface area contributed by atoms with Gasteiger partial charge in [0.1, 0.15) is 5.69 Å². The van der Waals surface area contributed by atoms with E-state index in [0.29, 0.717) is 12.2 Å². The fourth-order valence-corrected chi connectivity index (χ4v) is 2.45. The van der Waals surface area contributed by atoms with Crippen LogP contribution < -0.4 is 5.32 Å². The minimum Gasteiger partial charge on any atom is -0.356 e. The third-order valence-corrected chi connectivity index (χ3v) is 3.80. The van der Waals surface area contributed by atoms with Crippen LogP contribution in [-0.2, 0) is 0 Å². The van der Waals surface area contributed by atoms with Crippen molar-refractivity contribution in [3.05, 3.63) is 39.0 Å². The number of halogens is 1. The van der Waals surface area contributed by atoms with Crippen LogP contribution in [0.15, 0.2) is 28.3 Å². The maximum Gasteiger partial charge on any atom is 0.267 e. The summed E-state index contributed by atoms with van der Waals surface area (Å²) in [5, 5.41) is 5.86. The van der Waals surface area contributed by atoms with Crippen molar-refractivity contribution in [1.29, 1.82) is 0 Å². The van der Waals surface area contributed by atoms with Crippen LogP contribution >= 0.6 is 27.3 Å². The Labute approximate surface area is 112 Å². The normalized spacial score (nSPS) is 12.4. The number of carbonyl (C=O) groups is 1.